The molecule has 2 aromatic carbocycles. The normalized spacial score (nSPS) is 19.1. The fourth-order valence-electron chi connectivity index (χ4n) is 2.87. The average Bonchev–Trinajstić information content (AvgIpc) is 2.65. The molecular formula is C20H19BrF2N2O3. The van der Waals surface area contributed by atoms with Crippen LogP contribution in [0.1, 0.15) is 18.1 Å². The lowest BCUT2D eigenvalue weighted by Gasteiger charge is -2.37. The molecule has 0 aliphatic carbocycles. The zero-order valence-corrected chi connectivity index (χ0v) is 16.9. The molecule has 5 nitrogen and oxygen atoms in total. The second-order valence-electron chi connectivity index (χ2n) is 6.60. The van der Waals surface area contributed by atoms with Gasteiger partial charge >= 0.3 is 0 Å². The summed E-state index contributed by atoms with van der Waals surface area (Å²) in [6.45, 7) is 1.66. The number of benzene rings is 2. The second-order valence-corrected chi connectivity index (χ2v) is 7.40. The highest BCUT2D eigenvalue weighted by Gasteiger charge is 2.35. The van der Waals surface area contributed by atoms with Crippen LogP contribution in [0, 0.1) is 11.6 Å². The maximum atomic E-state index is 13.8. The number of methoxy groups -OCH3 is 1. The Morgan fingerprint density at radius 3 is 2.46 bits per heavy atom. The highest BCUT2D eigenvalue weighted by atomic mass is 79.9. The molecule has 8 heteroatoms. The molecule has 0 bridgehead atoms. The molecule has 1 aliphatic rings. The Bertz CT molecular complexity index is 918. The smallest absolute Gasteiger partial charge is 0.265 e. The summed E-state index contributed by atoms with van der Waals surface area (Å²) in [6, 6.07) is 10.7. The number of hydrogen-bond donors (Lipinski definition) is 2. The van der Waals surface area contributed by atoms with Gasteiger partial charge in [-0.15, -0.1) is 0 Å². The second kappa shape index (κ2) is 8.18. The number of ether oxygens (including phenoxy) is 2. The van der Waals surface area contributed by atoms with E-state index >= 15 is 0 Å². The van der Waals surface area contributed by atoms with E-state index < -0.39 is 17.3 Å². The molecule has 0 saturated heterocycles. The molecule has 1 unspecified atom stereocenters. The van der Waals surface area contributed by atoms with E-state index in [2.05, 4.69) is 26.6 Å². The van der Waals surface area contributed by atoms with Gasteiger partial charge in [-0.25, -0.2) is 8.78 Å². The molecule has 1 amide bonds. The van der Waals surface area contributed by atoms with Gasteiger partial charge in [0.25, 0.3) is 5.91 Å². The minimum absolute atomic E-state index is 0.157. The highest BCUT2D eigenvalue weighted by Crippen LogP contribution is 2.25. The summed E-state index contributed by atoms with van der Waals surface area (Å²) in [5.74, 6) is -0.808. The largest absolute Gasteiger partial charge is 0.497 e. The fourth-order valence-corrected chi connectivity index (χ4v) is 3.19. The topological polar surface area (TPSA) is 59.6 Å². The lowest BCUT2D eigenvalue weighted by molar-refractivity contribution is -0.120. The van der Waals surface area contributed by atoms with Crippen LogP contribution in [0.15, 0.2) is 52.8 Å². The van der Waals surface area contributed by atoms with Gasteiger partial charge in [-0.05, 0) is 52.7 Å². The number of halogens is 3. The van der Waals surface area contributed by atoms with Crippen molar-refractivity contribution in [3.8, 4) is 5.75 Å². The monoisotopic (exact) mass is 452 g/mol. The first-order valence-electron chi connectivity index (χ1n) is 8.50. The predicted octanol–water partition coefficient (Wildman–Crippen LogP) is 3.73. The summed E-state index contributed by atoms with van der Waals surface area (Å²) in [5, 5.41) is 6.02. The molecule has 1 aliphatic heterocycles. The van der Waals surface area contributed by atoms with Gasteiger partial charge in [0, 0.05) is 18.1 Å². The lowest BCUT2D eigenvalue weighted by Crippen LogP contribution is -2.61. The van der Waals surface area contributed by atoms with Crippen molar-refractivity contribution in [2.45, 2.75) is 25.6 Å². The minimum Gasteiger partial charge on any atom is -0.497 e. The van der Waals surface area contributed by atoms with Crippen molar-refractivity contribution in [1.29, 1.82) is 0 Å². The Hall–Kier alpha value is -2.61. The molecule has 0 fully saturated rings. The van der Waals surface area contributed by atoms with Crippen LogP contribution in [0.25, 0.3) is 0 Å². The molecule has 0 radical (unpaired) electrons. The van der Waals surface area contributed by atoms with E-state index in [0.717, 1.165) is 23.4 Å². The summed E-state index contributed by atoms with van der Waals surface area (Å²) >= 11 is 3.19. The van der Waals surface area contributed by atoms with Crippen molar-refractivity contribution in [2.75, 3.05) is 7.11 Å². The van der Waals surface area contributed by atoms with E-state index in [-0.39, 0.29) is 28.4 Å². The summed E-state index contributed by atoms with van der Waals surface area (Å²) in [7, 11) is 1.59. The SMILES string of the molecule is COc1ccc(CC2(C)NC(=O)C(Br)=C(OCc3ccc(F)cc3F)N2)cc1. The standard InChI is InChI=1S/C20H19BrF2N2O3/c1-20(10-12-3-7-15(27-2)8-4-12)24-18(26)17(21)19(25-20)28-11-13-5-6-14(22)9-16(13)23/h3-9,25H,10-11H2,1-2H3,(H,24,26). The van der Waals surface area contributed by atoms with Gasteiger partial charge in [-0.2, -0.15) is 0 Å². The Kier molecular flexibility index (Phi) is 5.88. The third-order valence-corrected chi connectivity index (χ3v) is 5.00. The first kappa shape index (κ1) is 20.1. The van der Waals surface area contributed by atoms with Gasteiger partial charge < -0.3 is 20.1 Å². The van der Waals surface area contributed by atoms with Gasteiger partial charge in [0.15, 0.2) is 0 Å². The molecule has 148 valence electrons. The molecule has 2 N–H and O–H groups in total. The van der Waals surface area contributed by atoms with Gasteiger partial charge in [0.05, 0.1) is 7.11 Å². The van der Waals surface area contributed by atoms with Crippen LogP contribution < -0.4 is 15.4 Å². The molecule has 2 aromatic rings. The van der Waals surface area contributed by atoms with Crippen molar-refractivity contribution >= 4 is 21.8 Å². The predicted molar refractivity (Wildman–Crippen MR) is 103 cm³/mol. The van der Waals surface area contributed by atoms with E-state index in [1.54, 1.807) is 7.11 Å². The van der Waals surface area contributed by atoms with E-state index in [4.69, 9.17) is 9.47 Å². The number of amides is 1. The fraction of sp³-hybridized carbons (Fsp3) is 0.250. The van der Waals surface area contributed by atoms with E-state index in [1.807, 2.05) is 31.2 Å². The summed E-state index contributed by atoms with van der Waals surface area (Å²) in [5.41, 5.74) is 0.330. The van der Waals surface area contributed by atoms with Gasteiger partial charge in [-0.1, -0.05) is 12.1 Å². The molecular weight excluding hydrogens is 434 g/mol. The maximum Gasteiger partial charge on any atom is 0.265 e. The van der Waals surface area contributed by atoms with E-state index in [9.17, 15) is 13.6 Å². The third-order valence-electron chi connectivity index (χ3n) is 4.28. The summed E-state index contributed by atoms with van der Waals surface area (Å²) in [6.07, 6.45) is 0.473. The number of nitrogens with one attached hydrogen (secondary N) is 2. The quantitative estimate of drug-likeness (QED) is 0.700. The Labute approximate surface area is 169 Å². The minimum atomic E-state index is -0.820. The number of carbonyl (C=O) groups excluding carboxylic acids is 1. The maximum absolute atomic E-state index is 13.8. The molecule has 0 spiro atoms. The van der Waals surface area contributed by atoms with E-state index in [0.29, 0.717) is 6.42 Å². The van der Waals surface area contributed by atoms with E-state index in [1.165, 1.54) is 6.07 Å². The zero-order valence-electron chi connectivity index (χ0n) is 15.3. The van der Waals surface area contributed by atoms with Crippen molar-refractivity contribution in [2.24, 2.45) is 0 Å². The van der Waals surface area contributed by atoms with Crippen LogP contribution in [-0.4, -0.2) is 18.7 Å². The Morgan fingerprint density at radius 2 is 1.82 bits per heavy atom. The Balaban J connectivity index is 1.73. The van der Waals surface area contributed by atoms with Crippen LogP contribution in [0.3, 0.4) is 0 Å². The van der Waals surface area contributed by atoms with Crippen molar-refractivity contribution in [3.63, 3.8) is 0 Å². The third kappa shape index (κ3) is 4.62. The van der Waals surface area contributed by atoms with Crippen LogP contribution in [0.5, 0.6) is 5.75 Å². The van der Waals surface area contributed by atoms with Crippen molar-refractivity contribution < 1.29 is 23.0 Å². The Morgan fingerprint density at radius 1 is 1.11 bits per heavy atom. The van der Waals surface area contributed by atoms with Gasteiger partial charge in [-0.3, -0.25) is 4.79 Å². The molecule has 0 saturated carbocycles. The van der Waals surface area contributed by atoms with Crippen LogP contribution in [0.2, 0.25) is 0 Å². The number of carbonyl (C=O) groups is 1. The zero-order chi connectivity index (χ0) is 20.3. The summed E-state index contributed by atoms with van der Waals surface area (Å²) < 4.78 is 37.8. The van der Waals surface area contributed by atoms with Gasteiger partial charge in [0.2, 0.25) is 5.88 Å². The number of rotatable bonds is 6. The molecule has 1 atom stereocenters. The summed E-state index contributed by atoms with van der Waals surface area (Å²) in [4.78, 5) is 12.4. The first-order chi connectivity index (χ1) is 13.3. The number of hydrogen-bond acceptors (Lipinski definition) is 4. The first-order valence-corrected chi connectivity index (χ1v) is 9.29. The van der Waals surface area contributed by atoms with Gasteiger partial charge in [0.1, 0.15) is 34.1 Å². The highest BCUT2D eigenvalue weighted by molar-refractivity contribution is 9.12. The van der Waals surface area contributed by atoms with Crippen LogP contribution in [-0.2, 0) is 22.6 Å². The molecule has 1 heterocycles. The van der Waals surface area contributed by atoms with Crippen molar-refractivity contribution in [3.05, 3.63) is 75.6 Å². The molecule has 0 aromatic heterocycles. The molecule has 3 rings (SSSR count). The van der Waals surface area contributed by atoms with Crippen LogP contribution in [0.4, 0.5) is 8.78 Å². The molecule has 28 heavy (non-hydrogen) atoms. The van der Waals surface area contributed by atoms with Crippen molar-refractivity contribution in [1.82, 2.24) is 10.6 Å². The average molecular weight is 453 g/mol. The lowest BCUT2D eigenvalue weighted by atomic mass is 10.00. The van der Waals surface area contributed by atoms with Crippen LogP contribution >= 0.6 is 15.9 Å².